The summed E-state index contributed by atoms with van der Waals surface area (Å²) in [6.07, 6.45) is 2.29. The van der Waals surface area contributed by atoms with Crippen LogP contribution in [0.25, 0.3) is 0 Å². The highest BCUT2D eigenvalue weighted by Crippen LogP contribution is 2.29. The monoisotopic (exact) mass is 272 g/mol. The van der Waals surface area contributed by atoms with E-state index >= 15 is 0 Å². The van der Waals surface area contributed by atoms with Gasteiger partial charge in [-0.2, -0.15) is 0 Å². The van der Waals surface area contributed by atoms with Crippen molar-refractivity contribution in [3.63, 3.8) is 0 Å². The third-order valence-corrected chi connectivity index (χ3v) is 2.20. The number of hydrogen-bond acceptors (Lipinski definition) is 2. The van der Waals surface area contributed by atoms with Gasteiger partial charge in [-0.15, -0.1) is 0 Å². The molecule has 98 valence electrons. The average Bonchev–Trinajstić information content (AvgIpc) is 2.44. The summed E-state index contributed by atoms with van der Waals surface area (Å²) in [5, 5.41) is 0. The average molecular weight is 272 g/mol. The fourth-order valence-corrected chi connectivity index (χ4v) is 1.29. The Labute approximate surface area is 104 Å². The van der Waals surface area contributed by atoms with Gasteiger partial charge in [-0.1, -0.05) is 6.07 Å². The Kier molecular flexibility index (Phi) is 3.55. The van der Waals surface area contributed by atoms with Gasteiger partial charge < -0.3 is 0 Å². The van der Waals surface area contributed by atoms with Gasteiger partial charge in [-0.3, -0.25) is 4.98 Å². The van der Waals surface area contributed by atoms with Gasteiger partial charge in [0.1, 0.15) is 5.69 Å². The summed E-state index contributed by atoms with van der Waals surface area (Å²) in [4.78, 5) is 7.01. The molecule has 0 amide bonds. The number of halogens is 5. The second-order valence-corrected chi connectivity index (χ2v) is 3.43. The third kappa shape index (κ3) is 2.44. The molecular weight excluding hydrogens is 267 g/mol. The lowest BCUT2D eigenvalue weighted by atomic mass is 10.2. The SMILES string of the molecule is Fc1c(F)c(F)c(N=Cc2ccccn2)c(F)c1F. The highest BCUT2D eigenvalue weighted by Gasteiger charge is 2.25. The van der Waals surface area contributed by atoms with Gasteiger partial charge >= 0.3 is 0 Å². The molecule has 0 fully saturated rings. The maximum absolute atomic E-state index is 13.3. The number of aliphatic imine (C=N–C) groups is 1. The number of pyridine rings is 1. The van der Waals surface area contributed by atoms with E-state index in [0.29, 0.717) is 0 Å². The molecule has 1 heterocycles. The topological polar surface area (TPSA) is 25.2 Å². The van der Waals surface area contributed by atoms with E-state index in [4.69, 9.17) is 0 Å². The summed E-state index contributed by atoms with van der Waals surface area (Å²) < 4.78 is 65.0. The first-order valence-electron chi connectivity index (χ1n) is 4.99. The summed E-state index contributed by atoms with van der Waals surface area (Å²) in [6, 6.07) is 4.62. The molecule has 0 N–H and O–H groups in total. The van der Waals surface area contributed by atoms with Crippen LogP contribution in [-0.4, -0.2) is 11.2 Å². The first-order valence-corrected chi connectivity index (χ1v) is 4.99. The Balaban J connectivity index is 2.50. The number of benzene rings is 1. The molecule has 1 aromatic heterocycles. The van der Waals surface area contributed by atoms with Crippen molar-refractivity contribution in [1.82, 2.24) is 4.98 Å². The standard InChI is InChI=1S/C12H5F5N2/c13-7-8(14)10(16)12(11(17)9(7)15)19-5-6-3-1-2-4-18-6/h1-5H. The second-order valence-electron chi connectivity index (χ2n) is 3.43. The third-order valence-electron chi connectivity index (χ3n) is 2.20. The fourth-order valence-electron chi connectivity index (χ4n) is 1.29. The van der Waals surface area contributed by atoms with E-state index in [1.54, 1.807) is 12.1 Å². The summed E-state index contributed by atoms with van der Waals surface area (Å²) in [7, 11) is 0. The van der Waals surface area contributed by atoms with Crippen LogP contribution in [0.4, 0.5) is 27.6 Å². The smallest absolute Gasteiger partial charge is 0.200 e. The number of rotatable bonds is 2. The molecule has 0 aliphatic heterocycles. The molecule has 1 aromatic carbocycles. The Hall–Kier alpha value is -2.31. The van der Waals surface area contributed by atoms with E-state index in [-0.39, 0.29) is 5.69 Å². The lowest BCUT2D eigenvalue weighted by molar-refractivity contribution is 0.381. The Morgan fingerprint density at radius 2 is 1.42 bits per heavy atom. The summed E-state index contributed by atoms with van der Waals surface area (Å²) in [5.41, 5.74) is -1.03. The van der Waals surface area contributed by atoms with Gasteiger partial charge in [0.25, 0.3) is 0 Å². The lowest BCUT2D eigenvalue weighted by Gasteiger charge is -2.03. The zero-order valence-electron chi connectivity index (χ0n) is 9.17. The number of aromatic nitrogens is 1. The maximum atomic E-state index is 13.3. The van der Waals surface area contributed by atoms with Crippen LogP contribution in [0.3, 0.4) is 0 Å². The van der Waals surface area contributed by atoms with Crippen molar-refractivity contribution in [2.24, 2.45) is 4.99 Å². The van der Waals surface area contributed by atoms with Crippen LogP contribution >= 0.6 is 0 Å². The Bertz CT molecular complexity index is 611. The van der Waals surface area contributed by atoms with Crippen LogP contribution in [0.5, 0.6) is 0 Å². The first kappa shape index (κ1) is 13.1. The predicted molar refractivity (Wildman–Crippen MR) is 57.7 cm³/mol. The first-order chi connectivity index (χ1) is 9.02. The molecule has 0 radical (unpaired) electrons. The normalized spacial score (nSPS) is 11.2. The summed E-state index contributed by atoms with van der Waals surface area (Å²) >= 11 is 0. The van der Waals surface area contributed by atoms with Crippen molar-refractivity contribution in [1.29, 1.82) is 0 Å². The van der Waals surface area contributed by atoms with Crippen LogP contribution in [0.2, 0.25) is 0 Å². The number of hydrogen-bond donors (Lipinski definition) is 0. The molecule has 0 spiro atoms. The van der Waals surface area contributed by atoms with Gasteiger partial charge in [-0.05, 0) is 12.1 Å². The largest absolute Gasteiger partial charge is 0.255 e. The molecule has 0 unspecified atom stereocenters. The Morgan fingerprint density at radius 3 is 1.95 bits per heavy atom. The zero-order valence-corrected chi connectivity index (χ0v) is 9.17. The van der Waals surface area contributed by atoms with E-state index in [9.17, 15) is 22.0 Å². The molecule has 19 heavy (non-hydrogen) atoms. The molecule has 0 atom stereocenters. The van der Waals surface area contributed by atoms with Crippen LogP contribution in [0.15, 0.2) is 29.4 Å². The molecule has 0 aliphatic carbocycles. The molecule has 2 rings (SSSR count). The minimum absolute atomic E-state index is 0.214. The molecule has 0 aliphatic rings. The van der Waals surface area contributed by atoms with Gasteiger partial charge in [0.2, 0.25) is 5.82 Å². The highest BCUT2D eigenvalue weighted by atomic mass is 19.2. The molecule has 7 heteroatoms. The maximum Gasteiger partial charge on any atom is 0.200 e. The van der Waals surface area contributed by atoms with Crippen LogP contribution in [0.1, 0.15) is 5.69 Å². The van der Waals surface area contributed by atoms with Crippen molar-refractivity contribution in [2.75, 3.05) is 0 Å². The van der Waals surface area contributed by atoms with E-state index < -0.39 is 34.8 Å². The van der Waals surface area contributed by atoms with Crippen molar-refractivity contribution in [3.05, 3.63) is 59.2 Å². The van der Waals surface area contributed by atoms with E-state index in [0.717, 1.165) is 6.21 Å². The van der Waals surface area contributed by atoms with E-state index in [1.807, 2.05) is 0 Å². The van der Waals surface area contributed by atoms with Gasteiger partial charge in [0, 0.05) is 6.20 Å². The van der Waals surface area contributed by atoms with Crippen molar-refractivity contribution >= 4 is 11.9 Å². The van der Waals surface area contributed by atoms with Gasteiger partial charge in [0.05, 0.1) is 11.9 Å². The van der Waals surface area contributed by atoms with E-state index in [2.05, 4.69) is 9.98 Å². The molecule has 0 bridgehead atoms. The van der Waals surface area contributed by atoms with Crippen molar-refractivity contribution in [2.45, 2.75) is 0 Å². The second kappa shape index (κ2) is 5.13. The van der Waals surface area contributed by atoms with Crippen LogP contribution in [0, 0.1) is 29.1 Å². The minimum Gasteiger partial charge on any atom is -0.255 e. The minimum atomic E-state index is -2.22. The van der Waals surface area contributed by atoms with Gasteiger partial charge in [-0.25, -0.2) is 26.9 Å². The molecule has 2 nitrogen and oxygen atoms in total. The van der Waals surface area contributed by atoms with Crippen molar-refractivity contribution < 1.29 is 22.0 Å². The summed E-state index contributed by atoms with van der Waals surface area (Å²) in [6.45, 7) is 0. The van der Waals surface area contributed by atoms with Gasteiger partial charge in [0.15, 0.2) is 23.3 Å². The lowest BCUT2D eigenvalue weighted by Crippen LogP contribution is -2.01. The molecule has 2 aromatic rings. The molecular formula is C12H5F5N2. The number of nitrogens with zero attached hydrogens (tertiary/aromatic N) is 2. The fraction of sp³-hybridized carbons (Fsp3) is 0. The highest BCUT2D eigenvalue weighted by molar-refractivity contribution is 5.79. The van der Waals surface area contributed by atoms with Crippen molar-refractivity contribution in [3.8, 4) is 0 Å². The molecule has 0 saturated carbocycles. The summed E-state index contributed by atoms with van der Waals surface area (Å²) in [5.74, 6) is -10.3. The zero-order chi connectivity index (χ0) is 14.0. The molecule has 0 saturated heterocycles. The Morgan fingerprint density at radius 1 is 0.842 bits per heavy atom. The predicted octanol–water partition coefficient (Wildman–Crippen LogP) is 3.53. The van der Waals surface area contributed by atoms with Crippen LogP contribution < -0.4 is 0 Å². The quantitative estimate of drug-likeness (QED) is 0.355. The van der Waals surface area contributed by atoms with Crippen LogP contribution in [-0.2, 0) is 0 Å². The van der Waals surface area contributed by atoms with E-state index in [1.165, 1.54) is 12.3 Å².